The second-order valence-corrected chi connectivity index (χ2v) is 2.77. The van der Waals surface area contributed by atoms with Gasteiger partial charge in [0, 0.05) is 0 Å². The first-order valence-corrected chi connectivity index (χ1v) is 3.95. The zero-order valence-electron chi connectivity index (χ0n) is 7.98. The van der Waals surface area contributed by atoms with E-state index >= 15 is 0 Å². The van der Waals surface area contributed by atoms with Gasteiger partial charge in [0.1, 0.15) is 5.69 Å². The number of aromatic nitrogens is 2. The molecule has 1 aromatic rings. The average molecular weight is 193 g/mol. The Bertz CT molecular complexity index is 395. The van der Waals surface area contributed by atoms with Crippen LogP contribution < -0.4 is 11.5 Å². The van der Waals surface area contributed by atoms with E-state index in [1.165, 1.54) is 6.20 Å². The molecule has 6 nitrogen and oxygen atoms in total. The lowest BCUT2D eigenvalue weighted by Gasteiger charge is -1.99. The van der Waals surface area contributed by atoms with Crippen molar-refractivity contribution in [3.05, 3.63) is 23.3 Å². The highest BCUT2D eigenvalue weighted by Gasteiger charge is 2.07. The minimum absolute atomic E-state index is 0.140. The van der Waals surface area contributed by atoms with E-state index in [0.29, 0.717) is 5.69 Å². The molecule has 0 atom stereocenters. The highest BCUT2D eigenvalue weighted by atomic mass is 16.1. The highest BCUT2D eigenvalue weighted by Crippen LogP contribution is 2.02. The third kappa shape index (κ3) is 2.25. The first-order chi connectivity index (χ1) is 6.50. The monoisotopic (exact) mass is 193 g/mol. The number of nitrogens with two attached hydrogens (primary N) is 2. The number of aliphatic imine (C=N–C) groups is 1. The Balaban J connectivity index is 3.03. The summed E-state index contributed by atoms with van der Waals surface area (Å²) in [6, 6.07) is 0. The Morgan fingerprint density at radius 1 is 1.36 bits per heavy atom. The molecule has 0 fully saturated rings. The molecule has 0 bridgehead atoms. The molecule has 0 aliphatic heterocycles. The molecule has 6 heteroatoms. The van der Waals surface area contributed by atoms with Crippen LogP contribution in [0.1, 0.15) is 21.9 Å². The van der Waals surface area contributed by atoms with Crippen molar-refractivity contribution in [2.45, 2.75) is 13.8 Å². The summed E-state index contributed by atoms with van der Waals surface area (Å²) in [4.78, 5) is 22.6. The Kier molecular flexibility index (Phi) is 2.76. The van der Waals surface area contributed by atoms with Crippen LogP contribution in [-0.2, 0) is 0 Å². The lowest BCUT2D eigenvalue weighted by Crippen LogP contribution is -2.24. The van der Waals surface area contributed by atoms with E-state index in [0.717, 1.165) is 5.69 Å². The summed E-state index contributed by atoms with van der Waals surface area (Å²) in [6.07, 6.45) is 1.34. The molecule has 1 rings (SSSR count). The van der Waals surface area contributed by atoms with Gasteiger partial charge in [0.25, 0.3) is 5.91 Å². The Morgan fingerprint density at radius 2 is 2.00 bits per heavy atom. The van der Waals surface area contributed by atoms with Gasteiger partial charge >= 0.3 is 0 Å². The summed E-state index contributed by atoms with van der Waals surface area (Å²) in [7, 11) is 0. The highest BCUT2D eigenvalue weighted by molar-refractivity contribution is 6.00. The van der Waals surface area contributed by atoms with E-state index in [1.54, 1.807) is 13.8 Å². The van der Waals surface area contributed by atoms with Crippen LogP contribution in [0.2, 0.25) is 0 Å². The topological polar surface area (TPSA) is 107 Å². The van der Waals surface area contributed by atoms with Gasteiger partial charge in [-0.05, 0) is 13.8 Å². The quantitative estimate of drug-likeness (QED) is 0.462. The molecule has 0 aliphatic carbocycles. The van der Waals surface area contributed by atoms with Crippen molar-refractivity contribution in [3.8, 4) is 0 Å². The molecule has 1 heterocycles. The molecule has 14 heavy (non-hydrogen) atoms. The molecule has 0 unspecified atom stereocenters. The summed E-state index contributed by atoms with van der Waals surface area (Å²) < 4.78 is 0. The third-order valence-corrected chi connectivity index (χ3v) is 1.64. The number of hydrogen-bond donors (Lipinski definition) is 2. The van der Waals surface area contributed by atoms with Crippen LogP contribution in [0.15, 0.2) is 11.2 Å². The fraction of sp³-hybridized carbons (Fsp3) is 0.250. The number of aryl methyl sites for hydroxylation is 2. The molecule has 0 aliphatic rings. The first-order valence-electron chi connectivity index (χ1n) is 3.95. The van der Waals surface area contributed by atoms with Gasteiger partial charge in [-0.25, -0.2) is 4.98 Å². The predicted molar refractivity (Wildman–Crippen MR) is 51.6 cm³/mol. The minimum Gasteiger partial charge on any atom is -0.370 e. The molecule has 0 saturated heterocycles. The summed E-state index contributed by atoms with van der Waals surface area (Å²) in [5.74, 6) is -0.865. The number of guanidine groups is 1. The van der Waals surface area contributed by atoms with Crippen LogP contribution in [0.25, 0.3) is 0 Å². The maximum Gasteiger partial charge on any atom is 0.300 e. The molecular formula is C8H11N5O. The second-order valence-electron chi connectivity index (χ2n) is 2.77. The van der Waals surface area contributed by atoms with Gasteiger partial charge in [-0.3, -0.25) is 9.78 Å². The van der Waals surface area contributed by atoms with E-state index < -0.39 is 5.91 Å². The lowest BCUT2D eigenvalue weighted by molar-refractivity contribution is 0.0997. The third-order valence-electron chi connectivity index (χ3n) is 1.64. The van der Waals surface area contributed by atoms with Crippen LogP contribution in [0.5, 0.6) is 0 Å². The van der Waals surface area contributed by atoms with Gasteiger partial charge in [-0.15, -0.1) is 0 Å². The van der Waals surface area contributed by atoms with Crippen molar-refractivity contribution in [3.63, 3.8) is 0 Å². The van der Waals surface area contributed by atoms with Gasteiger partial charge in [-0.2, -0.15) is 4.99 Å². The largest absolute Gasteiger partial charge is 0.370 e. The van der Waals surface area contributed by atoms with Gasteiger partial charge in [-0.1, -0.05) is 0 Å². The van der Waals surface area contributed by atoms with Crippen LogP contribution >= 0.6 is 0 Å². The molecular weight excluding hydrogens is 182 g/mol. The summed E-state index contributed by atoms with van der Waals surface area (Å²) in [5, 5.41) is 0. The number of amides is 1. The molecule has 1 amide bonds. The Hall–Kier alpha value is -1.98. The first kappa shape index (κ1) is 10.1. The zero-order valence-corrected chi connectivity index (χ0v) is 7.98. The summed E-state index contributed by atoms with van der Waals surface area (Å²) >= 11 is 0. The number of nitrogens with zero attached hydrogens (tertiary/aromatic N) is 3. The van der Waals surface area contributed by atoms with Gasteiger partial charge in [0.2, 0.25) is 0 Å². The fourth-order valence-corrected chi connectivity index (χ4v) is 0.819. The molecule has 0 aromatic carbocycles. The zero-order chi connectivity index (χ0) is 10.7. The van der Waals surface area contributed by atoms with E-state index in [2.05, 4.69) is 15.0 Å². The molecule has 1 aromatic heterocycles. The van der Waals surface area contributed by atoms with Crippen LogP contribution in [0.3, 0.4) is 0 Å². The molecule has 0 radical (unpaired) electrons. The smallest absolute Gasteiger partial charge is 0.300 e. The number of rotatable bonds is 1. The number of carbonyl (C=O) groups is 1. The van der Waals surface area contributed by atoms with Crippen molar-refractivity contribution in [2.24, 2.45) is 16.5 Å². The molecule has 74 valence electrons. The second kappa shape index (κ2) is 3.82. The standard InChI is InChI=1S/C8H11N5O/c1-4-5(2)12-6(3-11-4)7(14)13-8(9)10/h3H,1-2H3,(H4,9,10,13,14). The van der Waals surface area contributed by atoms with E-state index in [-0.39, 0.29) is 11.7 Å². The average Bonchev–Trinajstić information content (AvgIpc) is 2.08. The van der Waals surface area contributed by atoms with E-state index in [4.69, 9.17) is 11.5 Å². The van der Waals surface area contributed by atoms with Crippen molar-refractivity contribution in [1.29, 1.82) is 0 Å². The predicted octanol–water partition coefficient (Wildman–Crippen LogP) is -0.493. The normalized spacial score (nSPS) is 9.57. The summed E-state index contributed by atoms with van der Waals surface area (Å²) in [6.45, 7) is 3.56. The molecule has 0 spiro atoms. The van der Waals surface area contributed by atoms with Gasteiger partial charge in [0.05, 0.1) is 17.6 Å². The maximum absolute atomic E-state index is 11.3. The van der Waals surface area contributed by atoms with Gasteiger partial charge in [0.15, 0.2) is 5.96 Å². The van der Waals surface area contributed by atoms with Crippen LogP contribution in [0, 0.1) is 13.8 Å². The lowest BCUT2D eigenvalue weighted by atomic mass is 10.3. The fourth-order valence-electron chi connectivity index (χ4n) is 0.819. The van der Waals surface area contributed by atoms with E-state index in [1.807, 2.05) is 0 Å². The van der Waals surface area contributed by atoms with Crippen molar-refractivity contribution >= 4 is 11.9 Å². The number of carbonyl (C=O) groups excluding carboxylic acids is 1. The SMILES string of the molecule is Cc1ncc(C(=O)N=C(N)N)nc1C. The van der Waals surface area contributed by atoms with Gasteiger partial charge < -0.3 is 11.5 Å². The van der Waals surface area contributed by atoms with E-state index in [9.17, 15) is 4.79 Å². The Labute approximate surface area is 81.1 Å². The van der Waals surface area contributed by atoms with Crippen LogP contribution in [-0.4, -0.2) is 21.8 Å². The Morgan fingerprint density at radius 3 is 2.50 bits per heavy atom. The van der Waals surface area contributed by atoms with Crippen LogP contribution in [0.4, 0.5) is 0 Å². The molecule has 4 N–H and O–H groups in total. The summed E-state index contributed by atoms with van der Waals surface area (Å²) in [5.41, 5.74) is 11.7. The number of hydrogen-bond acceptors (Lipinski definition) is 3. The van der Waals surface area contributed by atoms with Crippen molar-refractivity contribution < 1.29 is 4.79 Å². The van der Waals surface area contributed by atoms with Crippen molar-refractivity contribution in [2.75, 3.05) is 0 Å². The molecule has 0 saturated carbocycles. The maximum atomic E-state index is 11.3. The van der Waals surface area contributed by atoms with Crippen molar-refractivity contribution in [1.82, 2.24) is 9.97 Å². The minimum atomic E-state index is -0.583.